The summed E-state index contributed by atoms with van der Waals surface area (Å²) in [6.07, 6.45) is 0. The lowest BCUT2D eigenvalue weighted by Gasteiger charge is -2.16. The number of hydrogen-bond donors (Lipinski definition) is 1. The maximum Gasteiger partial charge on any atom is 0.0441 e. The predicted octanol–water partition coefficient (Wildman–Crippen LogP) is 2.79. The van der Waals surface area contributed by atoms with Gasteiger partial charge in [-0.3, -0.25) is 0 Å². The van der Waals surface area contributed by atoms with Crippen molar-refractivity contribution < 1.29 is 0 Å². The molecule has 2 unspecified atom stereocenters. The molecule has 0 saturated carbocycles. The summed E-state index contributed by atoms with van der Waals surface area (Å²) in [7, 11) is 0. The maximum absolute atomic E-state index is 6.01. The van der Waals surface area contributed by atoms with Crippen LogP contribution in [-0.2, 0) is 0 Å². The highest BCUT2D eigenvalue weighted by Gasteiger charge is 2.12. The fraction of sp³-hybridized carbons (Fsp3) is 0.400. The van der Waals surface area contributed by atoms with Gasteiger partial charge in [0.25, 0.3) is 0 Å². The average molecular weight is 184 g/mol. The lowest BCUT2D eigenvalue weighted by atomic mass is 9.95. The summed E-state index contributed by atoms with van der Waals surface area (Å²) in [6, 6.07) is 7.98. The lowest BCUT2D eigenvalue weighted by molar-refractivity contribution is 0.613. The fourth-order valence-electron chi connectivity index (χ4n) is 1.13. The first-order valence-electron chi connectivity index (χ1n) is 4.13. The SMILES string of the molecule is CC(N)C(C)c1ccccc1Cl. The van der Waals surface area contributed by atoms with E-state index in [0.717, 1.165) is 10.6 Å². The Kier molecular flexibility index (Phi) is 3.12. The summed E-state index contributed by atoms with van der Waals surface area (Å²) in [4.78, 5) is 0. The van der Waals surface area contributed by atoms with Gasteiger partial charge in [0.05, 0.1) is 0 Å². The van der Waals surface area contributed by atoms with Gasteiger partial charge >= 0.3 is 0 Å². The van der Waals surface area contributed by atoms with Crippen molar-refractivity contribution in [1.29, 1.82) is 0 Å². The molecule has 2 N–H and O–H groups in total. The van der Waals surface area contributed by atoms with Gasteiger partial charge in [-0.25, -0.2) is 0 Å². The minimum atomic E-state index is 0.143. The fourth-order valence-corrected chi connectivity index (χ4v) is 1.44. The Morgan fingerprint density at radius 3 is 2.33 bits per heavy atom. The Morgan fingerprint density at radius 2 is 1.83 bits per heavy atom. The van der Waals surface area contributed by atoms with Crippen LogP contribution in [0, 0.1) is 0 Å². The Bertz CT molecular complexity index is 258. The topological polar surface area (TPSA) is 26.0 Å². The van der Waals surface area contributed by atoms with Crippen molar-refractivity contribution in [3.8, 4) is 0 Å². The molecular weight excluding hydrogens is 170 g/mol. The van der Waals surface area contributed by atoms with E-state index in [-0.39, 0.29) is 6.04 Å². The second-order valence-corrected chi connectivity index (χ2v) is 3.58. The van der Waals surface area contributed by atoms with Crippen LogP contribution in [-0.4, -0.2) is 6.04 Å². The van der Waals surface area contributed by atoms with Crippen molar-refractivity contribution in [2.24, 2.45) is 5.73 Å². The molecule has 0 aliphatic carbocycles. The van der Waals surface area contributed by atoms with Crippen LogP contribution in [0.15, 0.2) is 24.3 Å². The lowest BCUT2D eigenvalue weighted by Crippen LogP contribution is -2.22. The molecule has 1 aromatic rings. The highest BCUT2D eigenvalue weighted by atomic mass is 35.5. The van der Waals surface area contributed by atoms with Gasteiger partial charge in [-0.1, -0.05) is 36.7 Å². The second-order valence-electron chi connectivity index (χ2n) is 3.17. The van der Waals surface area contributed by atoms with Crippen LogP contribution in [0.4, 0.5) is 0 Å². The largest absolute Gasteiger partial charge is 0.327 e. The average Bonchev–Trinajstić information content (AvgIpc) is 2.04. The molecule has 0 bridgehead atoms. The zero-order valence-corrected chi connectivity index (χ0v) is 8.18. The van der Waals surface area contributed by atoms with E-state index >= 15 is 0 Å². The third kappa shape index (κ3) is 1.99. The third-order valence-corrected chi connectivity index (χ3v) is 2.53. The molecule has 1 aromatic carbocycles. The van der Waals surface area contributed by atoms with E-state index in [9.17, 15) is 0 Å². The van der Waals surface area contributed by atoms with E-state index in [1.165, 1.54) is 0 Å². The van der Waals surface area contributed by atoms with Gasteiger partial charge in [-0.2, -0.15) is 0 Å². The van der Waals surface area contributed by atoms with Gasteiger partial charge in [0, 0.05) is 11.1 Å². The molecule has 1 nitrogen and oxygen atoms in total. The first kappa shape index (κ1) is 9.56. The summed E-state index contributed by atoms with van der Waals surface area (Å²) >= 11 is 6.01. The molecule has 0 spiro atoms. The van der Waals surface area contributed by atoms with Crippen molar-refractivity contribution in [1.82, 2.24) is 0 Å². The molecular formula is C10H14ClN. The number of rotatable bonds is 2. The summed E-state index contributed by atoms with van der Waals surface area (Å²) < 4.78 is 0. The standard InChI is InChI=1S/C10H14ClN/c1-7(8(2)12)9-5-3-4-6-10(9)11/h3-8H,12H2,1-2H3. The minimum absolute atomic E-state index is 0.143. The minimum Gasteiger partial charge on any atom is -0.327 e. The van der Waals surface area contributed by atoms with E-state index in [4.69, 9.17) is 17.3 Å². The van der Waals surface area contributed by atoms with Crippen LogP contribution in [0.2, 0.25) is 5.02 Å². The molecule has 2 atom stereocenters. The van der Waals surface area contributed by atoms with E-state index in [2.05, 4.69) is 6.92 Å². The van der Waals surface area contributed by atoms with Crippen LogP contribution in [0.5, 0.6) is 0 Å². The van der Waals surface area contributed by atoms with Gasteiger partial charge in [0.2, 0.25) is 0 Å². The van der Waals surface area contributed by atoms with E-state index < -0.39 is 0 Å². The van der Waals surface area contributed by atoms with E-state index in [1.807, 2.05) is 31.2 Å². The summed E-state index contributed by atoms with van der Waals surface area (Å²) in [5, 5.41) is 0.808. The van der Waals surface area contributed by atoms with E-state index in [0.29, 0.717) is 5.92 Å². The number of benzene rings is 1. The molecule has 0 aromatic heterocycles. The Morgan fingerprint density at radius 1 is 1.25 bits per heavy atom. The summed E-state index contributed by atoms with van der Waals surface area (Å²) in [5.41, 5.74) is 6.91. The molecule has 0 aliphatic rings. The first-order valence-corrected chi connectivity index (χ1v) is 4.50. The number of nitrogens with two attached hydrogens (primary N) is 1. The molecule has 0 radical (unpaired) electrons. The van der Waals surface area contributed by atoms with Crippen molar-refractivity contribution in [3.63, 3.8) is 0 Å². The highest BCUT2D eigenvalue weighted by molar-refractivity contribution is 6.31. The quantitative estimate of drug-likeness (QED) is 0.750. The van der Waals surface area contributed by atoms with Crippen LogP contribution in [0.1, 0.15) is 25.3 Å². The third-order valence-electron chi connectivity index (χ3n) is 2.18. The molecule has 66 valence electrons. The summed E-state index contributed by atoms with van der Waals surface area (Å²) in [6.45, 7) is 4.08. The maximum atomic E-state index is 6.01. The molecule has 0 aliphatic heterocycles. The molecule has 0 heterocycles. The molecule has 2 heteroatoms. The second kappa shape index (κ2) is 3.92. The van der Waals surface area contributed by atoms with Gasteiger partial charge in [-0.05, 0) is 24.5 Å². The van der Waals surface area contributed by atoms with Gasteiger partial charge in [-0.15, -0.1) is 0 Å². The monoisotopic (exact) mass is 183 g/mol. The molecule has 0 amide bonds. The van der Waals surface area contributed by atoms with Crippen molar-refractivity contribution in [3.05, 3.63) is 34.9 Å². The predicted molar refractivity (Wildman–Crippen MR) is 53.5 cm³/mol. The first-order chi connectivity index (χ1) is 5.63. The Labute approximate surface area is 78.5 Å². The van der Waals surface area contributed by atoms with Gasteiger partial charge in [0.15, 0.2) is 0 Å². The zero-order valence-electron chi connectivity index (χ0n) is 7.42. The molecule has 1 rings (SSSR count). The van der Waals surface area contributed by atoms with Crippen LogP contribution >= 0.6 is 11.6 Å². The molecule has 0 saturated heterocycles. The van der Waals surface area contributed by atoms with Crippen LogP contribution in [0.25, 0.3) is 0 Å². The zero-order chi connectivity index (χ0) is 9.14. The van der Waals surface area contributed by atoms with Crippen molar-refractivity contribution in [2.75, 3.05) is 0 Å². The molecule has 12 heavy (non-hydrogen) atoms. The van der Waals surface area contributed by atoms with Gasteiger partial charge in [0.1, 0.15) is 0 Å². The summed E-state index contributed by atoms with van der Waals surface area (Å²) in [5.74, 6) is 0.318. The normalized spacial score (nSPS) is 15.7. The van der Waals surface area contributed by atoms with Crippen molar-refractivity contribution in [2.45, 2.75) is 25.8 Å². The van der Waals surface area contributed by atoms with Crippen LogP contribution in [0.3, 0.4) is 0 Å². The van der Waals surface area contributed by atoms with Crippen molar-refractivity contribution >= 4 is 11.6 Å². The number of hydrogen-bond acceptors (Lipinski definition) is 1. The molecule has 0 fully saturated rings. The Hall–Kier alpha value is -0.530. The highest BCUT2D eigenvalue weighted by Crippen LogP contribution is 2.25. The van der Waals surface area contributed by atoms with Crippen LogP contribution < -0.4 is 5.73 Å². The Balaban J connectivity index is 2.94. The van der Waals surface area contributed by atoms with E-state index in [1.54, 1.807) is 0 Å². The van der Waals surface area contributed by atoms with Gasteiger partial charge < -0.3 is 5.73 Å². The smallest absolute Gasteiger partial charge is 0.0441 e. The number of halogens is 1.